The minimum absolute atomic E-state index is 0.283. The van der Waals surface area contributed by atoms with Crippen molar-refractivity contribution in [1.29, 1.82) is 0 Å². The highest BCUT2D eigenvalue weighted by atomic mass is 35.5. The van der Waals surface area contributed by atoms with Crippen LogP contribution >= 0.6 is 11.6 Å². The fourth-order valence-electron chi connectivity index (χ4n) is 2.85. The zero-order valence-electron chi connectivity index (χ0n) is 14.4. The largest absolute Gasteiger partial charge is 0.355 e. The number of nitrogens with one attached hydrogen (secondary N) is 2. The minimum Gasteiger partial charge on any atom is -0.355 e. The third-order valence-electron chi connectivity index (χ3n) is 4.77. The molecule has 4 nitrogen and oxygen atoms in total. The maximum atomic E-state index is 13.6. The highest BCUT2D eigenvalue weighted by Gasteiger charge is 2.56. The van der Waals surface area contributed by atoms with Gasteiger partial charge in [0.2, 0.25) is 11.8 Å². The third kappa shape index (κ3) is 3.73. The minimum atomic E-state index is -1.04. The van der Waals surface area contributed by atoms with Crippen molar-refractivity contribution in [2.75, 3.05) is 11.9 Å². The summed E-state index contributed by atoms with van der Waals surface area (Å²) in [6.45, 7) is 2.09. The second kappa shape index (κ2) is 7.46. The fourth-order valence-corrected chi connectivity index (χ4v) is 3.02. The number of hydrogen-bond acceptors (Lipinski definition) is 2. The lowest BCUT2D eigenvalue weighted by Crippen LogP contribution is -2.40. The van der Waals surface area contributed by atoms with Crippen molar-refractivity contribution in [3.05, 3.63) is 64.4 Å². The van der Waals surface area contributed by atoms with Crippen LogP contribution < -0.4 is 10.6 Å². The van der Waals surface area contributed by atoms with Gasteiger partial charge < -0.3 is 10.6 Å². The molecule has 0 bridgehead atoms. The van der Waals surface area contributed by atoms with Crippen molar-refractivity contribution in [2.45, 2.75) is 26.2 Å². The van der Waals surface area contributed by atoms with Gasteiger partial charge in [-0.3, -0.25) is 9.59 Å². The van der Waals surface area contributed by atoms with Crippen molar-refractivity contribution < 1.29 is 14.0 Å². The van der Waals surface area contributed by atoms with Crippen LogP contribution in [0.4, 0.5) is 10.1 Å². The smallest absolute Gasteiger partial charge is 0.240 e. The predicted octanol–water partition coefficient (Wildman–Crippen LogP) is 3.87. The Morgan fingerprint density at radius 1 is 1.12 bits per heavy atom. The number of halogens is 2. The summed E-state index contributed by atoms with van der Waals surface area (Å²) < 4.78 is 13.6. The molecule has 0 saturated heterocycles. The molecule has 2 aromatic rings. The number of carbonyl (C=O) groups is 2. The Hall–Kier alpha value is -2.40. The number of hydrogen-bond donors (Lipinski definition) is 2. The predicted molar refractivity (Wildman–Crippen MR) is 99.6 cm³/mol. The lowest BCUT2D eigenvalue weighted by atomic mass is 10.0. The molecule has 136 valence electrons. The molecule has 0 heterocycles. The highest BCUT2D eigenvalue weighted by Crippen LogP contribution is 2.47. The van der Waals surface area contributed by atoms with Gasteiger partial charge in [0.05, 0.1) is 0 Å². The van der Waals surface area contributed by atoms with Gasteiger partial charge in [-0.2, -0.15) is 0 Å². The van der Waals surface area contributed by atoms with E-state index in [0.717, 1.165) is 5.56 Å². The number of carbonyl (C=O) groups excluding carboxylic acids is 2. The SMILES string of the molecule is Cc1c(Cl)cccc1NC(=O)C1(C(=O)NCCc2ccccc2F)CC1. The summed E-state index contributed by atoms with van der Waals surface area (Å²) in [5, 5.41) is 6.13. The molecule has 1 aliphatic rings. The Kier molecular flexibility index (Phi) is 5.28. The van der Waals surface area contributed by atoms with Crippen molar-refractivity contribution in [3.63, 3.8) is 0 Å². The van der Waals surface area contributed by atoms with E-state index in [1.165, 1.54) is 6.07 Å². The first-order chi connectivity index (χ1) is 12.4. The molecule has 0 unspecified atom stereocenters. The van der Waals surface area contributed by atoms with Crippen molar-refractivity contribution in [1.82, 2.24) is 5.32 Å². The third-order valence-corrected chi connectivity index (χ3v) is 5.18. The van der Waals surface area contributed by atoms with E-state index in [1.807, 2.05) is 6.92 Å². The van der Waals surface area contributed by atoms with Crippen LogP contribution in [0.5, 0.6) is 0 Å². The molecule has 3 rings (SSSR count). The van der Waals surface area contributed by atoms with E-state index in [0.29, 0.717) is 35.5 Å². The summed E-state index contributed by atoms with van der Waals surface area (Å²) in [5.41, 5.74) is 0.868. The number of anilines is 1. The van der Waals surface area contributed by atoms with E-state index in [4.69, 9.17) is 11.6 Å². The lowest BCUT2D eigenvalue weighted by molar-refractivity contribution is -0.134. The van der Waals surface area contributed by atoms with Crippen molar-refractivity contribution in [3.8, 4) is 0 Å². The molecule has 1 fully saturated rings. The number of rotatable bonds is 6. The molecule has 1 saturated carbocycles. The van der Waals surface area contributed by atoms with Crippen molar-refractivity contribution >= 4 is 29.1 Å². The van der Waals surface area contributed by atoms with Gasteiger partial charge >= 0.3 is 0 Å². The van der Waals surface area contributed by atoms with Gasteiger partial charge in [-0.1, -0.05) is 35.9 Å². The second-order valence-corrected chi connectivity index (χ2v) is 6.95. The number of benzene rings is 2. The van der Waals surface area contributed by atoms with Crippen LogP contribution in [-0.2, 0) is 16.0 Å². The Morgan fingerprint density at radius 3 is 2.54 bits per heavy atom. The van der Waals surface area contributed by atoms with Crippen molar-refractivity contribution in [2.24, 2.45) is 5.41 Å². The zero-order chi connectivity index (χ0) is 18.7. The van der Waals surface area contributed by atoms with Crippen LogP contribution in [0.25, 0.3) is 0 Å². The monoisotopic (exact) mass is 374 g/mol. The maximum absolute atomic E-state index is 13.6. The van der Waals surface area contributed by atoms with Crippen LogP contribution in [-0.4, -0.2) is 18.4 Å². The highest BCUT2D eigenvalue weighted by molar-refractivity contribution is 6.31. The lowest BCUT2D eigenvalue weighted by Gasteiger charge is -2.17. The quantitative estimate of drug-likeness (QED) is 0.754. The van der Waals surface area contributed by atoms with Gasteiger partial charge in [-0.15, -0.1) is 0 Å². The van der Waals surface area contributed by atoms with E-state index in [9.17, 15) is 14.0 Å². The summed E-state index contributed by atoms with van der Waals surface area (Å²) in [6.07, 6.45) is 1.39. The molecule has 2 amide bonds. The molecule has 2 N–H and O–H groups in total. The van der Waals surface area contributed by atoms with E-state index in [1.54, 1.807) is 36.4 Å². The van der Waals surface area contributed by atoms with Gasteiger partial charge in [0.1, 0.15) is 11.2 Å². The average molecular weight is 375 g/mol. The van der Waals surface area contributed by atoms with Crippen LogP contribution in [0, 0.1) is 18.2 Å². The normalized spacial score (nSPS) is 14.6. The van der Waals surface area contributed by atoms with Crippen LogP contribution in [0.2, 0.25) is 5.02 Å². The first-order valence-corrected chi connectivity index (χ1v) is 8.90. The van der Waals surface area contributed by atoms with Gasteiger partial charge in [-0.05, 0) is 55.5 Å². The molecule has 26 heavy (non-hydrogen) atoms. The molecule has 0 aromatic heterocycles. The van der Waals surface area contributed by atoms with Gasteiger partial charge in [0.25, 0.3) is 0 Å². The first kappa shape index (κ1) is 18.4. The Balaban J connectivity index is 1.59. The Morgan fingerprint density at radius 2 is 1.85 bits per heavy atom. The van der Waals surface area contributed by atoms with E-state index in [2.05, 4.69) is 10.6 Å². The molecular weight excluding hydrogens is 355 g/mol. The fraction of sp³-hybridized carbons (Fsp3) is 0.300. The van der Waals surface area contributed by atoms with E-state index in [-0.39, 0.29) is 24.2 Å². The second-order valence-electron chi connectivity index (χ2n) is 6.55. The summed E-state index contributed by atoms with van der Waals surface area (Å²) >= 11 is 6.07. The van der Waals surface area contributed by atoms with Gasteiger partial charge in [0.15, 0.2) is 0 Å². The zero-order valence-corrected chi connectivity index (χ0v) is 15.2. The molecule has 2 aromatic carbocycles. The summed E-state index contributed by atoms with van der Waals surface area (Å²) in [6, 6.07) is 11.7. The van der Waals surface area contributed by atoms with E-state index >= 15 is 0 Å². The molecule has 1 aliphatic carbocycles. The van der Waals surface area contributed by atoms with Gasteiger partial charge in [0, 0.05) is 17.3 Å². The van der Waals surface area contributed by atoms with Gasteiger partial charge in [-0.25, -0.2) is 4.39 Å². The van der Waals surface area contributed by atoms with Crippen LogP contribution in [0.1, 0.15) is 24.0 Å². The first-order valence-electron chi connectivity index (χ1n) is 8.52. The standard InChI is InChI=1S/C20H20ClFN2O2/c1-13-15(21)6-4-8-17(13)24-19(26)20(10-11-20)18(25)23-12-9-14-5-2-3-7-16(14)22/h2-8H,9-12H2,1H3,(H,23,25)(H,24,26). The molecule has 6 heteroatoms. The summed E-state index contributed by atoms with van der Waals surface area (Å²) in [7, 11) is 0. The molecule has 0 spiro atoms. The Bertz CT molecular complexity index is 849. The van der Waals surface area contributed by atoms with E-state index < -0.39 is 5.41 Å². The Labute approximate surface area is 156 Å². The molecule has 0 atom stereocenters. The average Bonchev–Trinajstić information content (AvgIpc) is 3.42. The number of amides is 2. The summed E-state index contributed by atoms with van der Waals surface area (Å²) in [4.78, 5) is 25.1. The molecule has 0 radical (unpaired) electrons. The summed E-state index contributed by atoms with van der Waals surface area (Å²) in [5.74, 6) is -0.936. The topological polar surface area (TPSA) is 58.2 Å². The molecular formula is C20H20ClFN2O2. The maximum Gasteiger partial charge on any atom is 0.240 e. The van der Waals surface area contributed by atoms with Crippen LogP contribution in [0.3, 0.4) is 0 Å². The van der Waals surface area contributed by atoms with Crippen LogP contribution in [0.15, 0.2) is 42.5 Å². The molecule has 0 aliphatic heterocycles.